The molecule has 2 N–H and O–H groups in total. The molecule has 2 heterocycles. The van der Waals surface area contributed by atoms with Crippen LogP contribution in [0.4, 0.5) is 5.82 Å². The van der Waals surface area contributed by atoms with Crippen molar-refractivity contribution in [1.82, 2.24) is 19.7 Å². The number of hydrogen-bond donors (Lipinski definition) is 1. The fourth-order valence-electron chi connectivity index (χ4n) is 1.44. The van der Waals surface area contributed by atoms with Crippen LogP contribution in [0.15, 0.2) is 6.33 Å². The Labute approximate surface area is 75.6 Å². The SMILES string of the molecule is CCc1nn(C)c2ncnc(N)c12. The molecular weight excluding hydrogens is 166 g/mol. The average Bonchev–Trinajstić information content (AvgIpc) is 2.45. The standard InChI is InChI=1S/C8H11N5/c1-3-5-6-7(9)10-4-11-8(6)13(2)12-5/h4H,3H2,1-2H3,(H2,9,10,11). The summed E-state index contributed by atoms with van der Waals surface area (Å²) in [6, 6.07) is 0. The Balaban J connectivity index is 2.89. The van der Waals surface area contributed by atoms with Gasteiger partial charge in [-0.3, -0.25) is 4.68 Å². The fourth-order valence-corrected chi connectivity index (χ4v) is 1.44. The lowest BCUT2D eigenvalue weighted by Crippen LogP contribution is -1.95. The minimum atomic E-state index is 0.509. The quantitative estimate of drug-likeness (QED) is 0.689. The van der Waals surface area contributed by atoms with Gasteiger partial charge >= 0.3 is 0 Å². The van der Waals surface area contributed by atoms with Crippen molar-refractivity contribution >= 4 is 16.9 Å². The molecule has 5 nitrogen and oxygen atoms in total. The van der Waals surface area contributed by atoms with E-state index in [1.807, 2.05) is 14.0 Å². The van der Waals surface area contributed by atoms with Crippen LogP contribution in [-0.2, 0) is 13.5 Å². The van der Waals surface area contributed by atoms with E-state index < -0.39 is 0 Å². The molecule has 0 fully saturated rings. The van der Waals surface area contributed by atoms with E-state index in [4.69, 9.17) is 5.73 Å². The molecule has 68 valence electrons. The summed E-state index contributed by atoms with van der Waals surface area (Å²) in [4.78, 5) is 8.06. The molecule has 2 aromatic heterocycles. The Bertz CT molecular complexity index is 445. The molecular formula is C8H11N5. The number of hydrogen-bond acceptors (Lipinski definition) is 4. The summed E-state index contributed by atoms with van der Waals surface area (Å²) in [6.07, 6.45) is 2.30. The summed E-state index contributed by atoms with van der Waals surface area (Å²) in [7, 11) is 1.86. The van der Waals surface area contributed by atoms with Crippen molar-refractivity contribution in [2.24, 2.45) is 7.05 Å². The second kappa shape index (κ2) is 2.69. The van der Waals surface area contributed by atoms with Gasteiger partial charge in [-0.25, -0.2) is 9.97 Å². The molecule has 0 atom stereocenters. The lowest BCUT2D eigenvalue weighted by atomic mass is 10.2. The fraction of sp³-hybridized carbons (Fsp3) is 0.375. The Hall–Kier alpha value is -1.65. The van der Waals surface area contributed by atoms with Gasteiger partial charge in [0, 0.05) is 7.05 Å². The second-order valence-electron chi connectivity index (χ2n) is 2.88. The summed E-state index contributed by atoms with van der Waals surface area (Å²) in [5.74, 6) is 0.509. The van der Waals surface area contributed by atoms with Crippen LogP contribution < -0.4 is 5.73 Å². The predicted molar refractivity (Wildman–Crippen MR) is 50.1 cm³/mol. The van der Waals surface area contributed by atoms with E-state index in [2.05, 4.69) is 15.1 Å². The number of rotatable bonds is 1. The molecule has 0 spiro atoms. The van der Waals surface area contributed by atoms with Crippen molar-refractivity contribution in [3.05, 3.63) is 12.0 Å². The third-order valence-electron chi connectivity index (χ3n) is 2.06. The van der Waals surface area contributed by atoms with Gasteiger partial charge in [0.1, 0.15) is 12.1 Å². The zero-order valence-electron chi connectivity index (χ0n) is 7.65. The number of anilines is 1. The van der Waals surface area contributed by atoms with Crippen molar-refractivity contribution in [2.75, 3.05) is 5.73 Å². The maximum atomic E-state index is 5.74. The van der Waals surface area contributed by atoms with E-state index in [-0.39, 0.29) is 0 Å². The summed E-state index contributed by atoms with van der Waals surface area (Å²) >= 11 is 0. The molecule has 0 amide bonds. The molecule has 5 heteroatoms. The smallest absolute Gasteiger partial charge is 0.163 e. The molecule has 0 saturated carbocycles. The number of nitrogen functional groups attached to an aromatic ring is 1. The highest BCUT2D eigenvalue weighted by Crippen LogP contribution is 2.20. The largest absolute Gasteiger partial charge is 0.383 e. The number of aromatic nitrogens is 4. The molecule has 0 unspecified atom stereocenters. The minimum Gasteiger partial charge on any atom is -0.383 e. The van der Waals surface area contributed by atoms with Gasteiger partial charge in [0.25, 0.3) is 0 Å². The first kappa shape index (κ1) is 7.97. The Kier molecular flexibility index (Phi) is 1.65. The highest BCUT2D eigenvalue weighted by Gasteiger charge is 2.10. The Morgan fingerprint density at radius 2 is 2.23 bits per heavy atom. The van der Waals surface area contributed by atoms with E-state index in [1.165, 1.54) is 6.33 Å². The van der Waals surface area contributed by atoms with Crippen molar-refractivity contribution in [3.8, 4) is 0 Å². The summed E-state index contributed by atoms with van der Waals surface area (Å²) in [6.45, 7) is 2.04. The van der Waals surface area contributed by atoms with Gasteiger partial charge < -0.3 is 5.73 Å². The molecule has 2 rings (SSSR count). The monoisotopic (exact) mass is 177 g/mol. The van der Waals surface area contributed by atoms with Gasteiger partial charge in [-0.1, -0.05) is 6.92 Å². The summed E-state index contributed by atoms with van der Waals surface area (Å²) in [5, 5.41) is 5.19. The highest BCUT2D eigenvalue weighted by atomic mass is 15.3. The van der Waals surface area contributed by atoms with Crippen molar-refractivity contribution in [1.29, 1.82) is 0 Å². The van der Waals surface area contributed by atoms with Crippen LogP contribution in [0, 0.1) is 0 Å². The topological polar surface area (TPSA) is 69.6 Å². The number of nitrogens with two attached hydrogens (primary N) is 1. The lowest BCUT2D eigenvalue weighted by Gasteiger charge is -1.94. The van der Waals surface area contributed by atoms with Crippen LogP contribution in [0.1, 0.15) is 12.6 Å². The van der Waals surface area contributed by atoms with Crippen molar-refractivity contribution < 1.29 is 0 Å². The number of aryl methyl sites for hydroxylation is 2. The van der Waals surface area contributed by atoms with E-state index in [0.717, 1.165) is 23.1 Å². The zero-order valence-corrected chi connectivity index (χ0v) is 7.65. The molecule has 0 saturated heterocycles. The van der Waals surface area contributed by atoms with Gasteiger partial charge in [-0.15, -0.1) is 0 Å². The van der Waals surface area contributed by atoms with Gasteiger partial charge in [0.15, 0.2) is 5.65 Å². The van der Waals surface area contributed by atoms with Crippen molar-refractivity contribution in [2.45, 2.75) is 13.3 Å². The van der Waals surface area contributed by atoms with Gasteiger partial charge in [-0.05, 0) is 6.42 Å². The molecule has 0 radical (unpaired) electrons. The van der Waals surface area contributed by atoms with Crippen LogP contribution in [-0.4, -0.2) is 19.7 Å². The van der Waals surface area contributed by atoms with E-state index in [1.54, 1.807) is 4.68 Å². The van der Waals surface area contributed by atoms with Gasteiger partial charge in [-0.2, -0.15) is 5.10 Å². The third-order valence-corrected chi connectivity index (χ3v) is 2.06. The van der Waals surface area contributed by atoms with Crippen molar-refractivity contribution in [3.63, 3.8) is 0 Å². The summed E-state index contributed by atoms with van der Waals surface area (Å²) in [5.41, 5.74) is 7.49. The van der Waals surface area contributed by atoms with Crippen LogP contribution in [0.3, 0.4) is 0 Å². The third kappa shape index (κ3) is 1.04. The first-order chi connectivity index (χ1) is 6.24. The first-order valence-electron chi connectivity index (χ1n) is 4.16. The predicted octanol–water partition coefficient (Wildman–Crippen LogP) is 0.508. The second-order valence-corrected chi connectivity index (χ2v) is 2.88. The maximum absolute atomic E-state index is 5.74. The zero-order chi connectivity index (χ0) is 9.42. The van der Waals surface area contributed by atoms with Crippen LogP contribution >= 0.6 is 0 Å². The van der Waals surface area contributed by atoms with E-state index in [0.29, 0.717) is 5.82 Å². The molecule has 2 aromatic rings. The van der Waals surface area contributed by atoms with Crippen LogP contribution in [0.25, 0.3) is 11.0 Å². The Morgan fingerprint density at radius 3 is 2.92 bits per heavy atom. The molecule has 0 aliphatic rings. The van der Waals surface area contributed by atoms with Crippen LogP contribution in [0.5, 0.6) is 0 Å². The number of nitrogens with zero attached hydrogens (tertiary/aromatic N) is 4. The normalized spacial score (nSPS) is 10.9. The first-order valence-corrected chi connectivity index (χ1v) is 4.16. The maximum Gasteiger partial charge on any atom is 0.163 e. The van der Waals surface area contributed by atoms with E-state index >= 15 is 0 Å². The molecule has 0 aliphatic carbocycles. The minimum absolute atomic E-state index is 0.509. The van der Waals surface area contributed by atoms with Gasteiger partial charge in [0.05, 0.1) is 11.1 Å². The van der Waals surface area contributed by atoms with E-state index in [9.17, 15) is 0 Å². The molecule has 0 bridgehead atoms. The molecule has 0 aromatic carbocycles. The van der Waals surface area contributed by atoms with Crippen LogP contribution in [0.2, 0.25) is 0 Å². The summed E-state index contributed by atoms with van der Waals surface area (Å²) < 4.78 is 1.73. The average molecular weight is 177 g/mol. The lowest BCUT2D eigenvalue weighted by molar-refractivity contribution is 0.761. The Morgan fingerprint density at radius 1 is 1.46 bits per heavy atom. The number of fused-ring (bicyclic) bond motifs is 1. The molecule has 13 heavy (non-hydrogen) atoms. The highest BCUT2D eigenvalue weighted by molar-refractivity contribution is 5.87. The van der Waals surface area contributed by atoms with Gasteiger partial charge in [0.2, 0.25) is 0 Å². The molecule has 0 aliphatic heterocycles.